The topological polar surface area (TPSA) is 43.1 Å². The first-order valence-electron chi connectivity index (χ1n) is 3.55. The number of halogens is 2. The van der Waals surface area contributed by atoms with Gasteiger partial charge in [0.15, 0.2) is 0 Å². The maximum absolute atomic E-state index is 13.1. The molecular formula is C8H7BrFNO2. The maximum Gasteiger partial charge on any atom is 0.272 e. The Morgan fingerprint density at radius 2 is 2.23 bits per heavy atom. The summed E-state index contributed by atoms with van der Waals surface area (Å²) < 4.78 is 13.1. The van der Waals surface area contributed by atoms with Gasteiger partial charge in [0.05, 0.1) is 11.0 Å². The second-order valence-electron chi connectivity index (χ2n) is 2.61. The predicted molar refractivity (Wildman–Crippen MR) is 50.4 cm³/mol. The molecule has 0 heterocycles. The van der Waals surface area contributed by atoms with Crippen molar-refractivity contribution in [2.45, 2.75) is 12.3 Å². The minimum absolute atomic E-state index is 0.209. The number of nitro benzene ring substituents is 1. The van der Waals surface area contributed by atoms with Crippen molar-refractivity contribution >= 4 is 21.6 Å². The number of aryl methyl sites for hydroxylation is 1. The van der Waals surface area contributed by atoms with E-state index in [0.29, 0.717) is 16.5 Å². The fourth-order valence-corrected chi connectivity index (χ4v) is 1.74. The van der Waals surface area contributed by atoms with Crippen LogP contribution in [0, 0.1) is 22.9 Å². The Kier molecular flexibility index (Phi) is 2.98. The molecule has 3 nitrogen and oxygen atoms in total. The SMILES string of the molecule is Cc1cc([N+](=O)[O-])cc(F)c1CBr. The number of nitro groups is 1. The van der Waals surface area contributed by atoms with Gasteiger partial charge in [-0.2, -0.15) is 0 Å². The monoisotopic (exact) mass is 247 g/mol. The van der Waals surface area contributed by atoms with E-state index in [-0.39, 0.29) is 5.69 Å². The molecule has 5 heteroatoms. The van der Waals surface area contributed by atoms with Crippen molar-refractivity contribution in [3.63, 3.8) is 0 Å². The van der Waals surface area contributed by atoms with E-state index in [0.717, 1.165) is 6.07 Å². The second kappa shape index (κ2) is 3.83. The number of hydrogen-bond acceptors (Lipinski definition) is 2. The molecule has 1 aromatic rings. The molecule has 0 spiro atoms. The molecule has 0 radical (unpaired) electrons. The largest absolute Gasteiger partial charge is 0.272 e. The van der Waals surface area contributed by atoms with Gasteiger partial charge in [0.25, 0.3) is 5.69 Å². The van der Waals surface area contributed by atoms with Gasteiger partial charge in [-0.3, -0.25) is 10.1 Å². The van der Waals surface area contributed by atoms with E-state index in [1.54, 1.807) is 6.92 Å². The van der Waals surface area contributed by atoms with Crippen LogP contribution in [0.4, 0.5) is 10.1 Å². The molecule has 0 amide bonds. The van der Waals surface area contributed by atoms with Gasteiger partial charge >= 0.3 is 0 Å². The van der Waals surface area contributed by atoms with Gasteiger partial charge in [0.1, 0.15) is 5.82 Å². The van der Waals surface area contributed by atoms with Crippen molar-refractivity contribution in [2.75, 3.05) is 0 Å². The number of nitrogens with zero attached hydrogens (tertiary/aromatic N) is 1. The smallest absolute Gasteiger partial charge is 0.258 e. The molecule has 0 atom stereocenters. The Morgan fingerprint density at radius 3 is 2.62 bits per heavy atom. The first-order valence-corrected chi connectivity index (χ1v) is 4.67. The van der Waals surface area contributed by atoms with E-state index in [4.69, 9.17) is 0 Å². The molecule has 0 aliphatic rings. The quantitative estimate of drug-likeness (QED) is 0.458. The Balaban J connectivity index is 3.28. The van der Waals surface area contributed by atoms with Crippen LogP contribution >= 0.6 is 15.9 Å². The summed E-state index contributed by atoms with van der Waals surface area (Å²) in [5.41, 5.74) is 0.842. The third kappa shape index (κ3) is 2.03. The summed E-state index contributed by atoms with van der Waals surface area (Å²) in [6.07, 6.45) is 0. The van der Waals surface area contributed by atoms with Gasteiger partial charge in [-0.05, 0) is 12.5 Å². The van der Waals surface area contributed by atoms with Crippen LogP contribution in [-0.4, -0.2) is 4.92 Å². The second-order valence-corrected chi connectivity index (χ2v) is 3.17. The van der Waals surface area contributed by atoms with Crippen LogP contribution in [-0.2, 0) is 5.33 Å². The Labute approximate surface area is 82.8 Å². The van der Waals surface area contributed by atoms with Gasteiger partial charge in [-0.15, -0.1) is 0 Å². The van der Waals surface area contributed by atoms with E-state index in [1.807, 2.05) is 0 Å². The molecule has 1 aromatic carbocycles. The zero-order chi connectivity index (χ0) is 10.0. The zero-order valence-corrected chi connectivity index (χ0v) is 8.47. The Hall–Kier alpha value is -0.970. The third-order valence-electron chi connectivity index (χ3n) is 1.75. The van der Waals surface area contributed by atoms with Gasteiger partial charge in [-0.1, -0.05) is 15.9 Å². The molecule has 0 aliphatic carbocycles. The molecule has 0 unspecified atom stereocenters. The minimum Gasteiger partial charge on any atom is -0.258 e. The number of rotatable bonds is 2. The fourth-order valence-electron chi connectivity index (χ4n) is 1.03. The van der Waals surface area contributed by atoms with Crippen molar-refractivity contribution < 1.29 is 9.31 Å². The lowest BCUT2D eigenvalue weighted by molar-refractivity contribution is -0.385. The molecule has 1 rings (SSSR count). The summed E-state index contributed by atoms with van der Waals surface area (Å²) in [5.74, 6) is -0.538. The van der Waals surface area contributed by atoms with E-state index in [1.165, 1.54) is 6.07 Å². The predicted octanol–water partition coefficient (Wildman–Crippen LogP) is 2.94. The van der Waals surface area contributed by atoms with Gasteiger partial charge < -0.3 is 0 Å². The van der Waals surface area contributed by atoms with E-state index >= 15 is 0 Å². The molecule has 0 aliphatic heterocycles. The van der Waals surface area contributed by atoms with Crippen LogP contribution in [0.25, 0.3) is 0 Å². The van der Waals surface area contributed by atoms with Crippen molar-refractivity contribution in [1.29, 1.82) is 0 Å². The summed E-state index contributed by atoms with van der Waals surface area (Å²) in [4.78, 5) is 9.73. The molecule has 0 saturated carbocycles. The molecular weight excluding hydrogens is 241 g/mol. The van der Waals surface area contributed by atoms with Crippen LogP contribution in [0.2, 0.25) is 0 Å². The van der Waals surface area contributed by atoms with Crippen LogP contribution in [0.5, 0.6) is 0 Å². The number of hydrogen-bond donors (Lipinski definition) is 0. The average molecular weight is 248 g/mol. The molecule has 13 heavy (non-hydrogen) atoms. The molecule has 0 fully saturated rings. The highest BCUT2D eigenvalue weighted by molar-refractivity contribution is 9.08. The standard InChI is InChI=1S/C8H7BrFNO2/c1-5-2-6(11(12)13)3-8(10)7(5)4-9/h2-3H,4H2,1H3. The summed E-state index contributed by atoms with van der Waals surface area (Å²) in [6, 6.07) is 2.29. The van der Waals surface area contributed by atoms with Gasteiger partial charge in [-0.25, -0.2) is 4.39 Å². The molecule has 70 valence electrons. The van der Waals surface area contributed by atoms with Crippen molar-refractivity contribution in [3.05, 3.63) is 39.2 Å². The summed E-state index contributed by atoms with van der Waals surface area (Å²) >= 11 is 3.11. The van der Waals surface area contributed by atoms with E-state index in [9.17, 15) is 14.5 Å². The lowest BCUT2D eigenvalue weighted by Crippen LogP contribution is -1.95. The first-order chi connectivity index (χ1) is 6.06. The van der Waals surface area contributed by atoms with Crippen LogP contribution in [0.1, 0.15) is 11.1 Å². The number of alkyl halides is 1. The van der Waals surface area contributed by atoms with Gasteiger partial charge in [0, 0.05) is 17.0 Å². The molecule has 0 saturated heterocycles. The fraction of sp³-hybridized carbons (Fsp3) is 0.250. The minimum atomic E-state index is -0.603. The van der Waals surface area contributed by atoms with Gasteiger partial charge in [0.2, 0.25) is 0 Å². The van der Waals surface area contributed by atoms with Crippen LogP contribution < -0.4 is 0 Å². The normalized spacial score (nSPS) is 10.1. The highest BCUT2D eigenvalue weighted by Crippen LogP contribution is 2.22. The lowest BCUT2D eigenvalue weighted by atomic mass is 10.1. The number of non-ortho nitro benzene ring substituents is 1. The number of benzene rings is 1. The summed E-state index contributed by atoms with van der Waals surface area (Å²) in [7, 11) is 0. The molecule has 0 aromatic heterocycles. The third-order valence-corrected chi connectivity index (χ3v) is 2.31. The zero-order valence-electron chi connectivity index (χ0n) is 6.88. The molecule has 0 N–H and O–H groups in total. The highest BCUT2D eigenvalue weighted by atomic mass is 79.9. The Bertz CT molecular complexity index is 331. The van der Waals surface area contributed by atoms with Crippen molar-refractivity contribution in [3.8, 4) is 0 Å². The van der Waals surface area contributed by atoms with Crippen LogP contribution in [0.3, 0.4) is 0 Å². The summed E-state index contributed by atoms with van der Waals surface area (Å²) in [6.45, 7) is 1.65. The van der Waals surface area contributed by atoms with E-state index in [2.05, 4.69) is 15.9 Å². The lowest BCUT2D eigenvalue weighted by Gasteiger charge is -2.02. The Morgan fingerprint density at radius 1 is 1.62 bits per heavy atom. The maximum atomic E-state index is 13.1. The average Bonchev–Trinajstić information content (AvgIpc) is 2.03. The molecule has 0 bridgehead atoms. The summed E-state index contributed by atoms with van der Waals surface area (Å²) in [5, 5.41) is 10.7. The highest BCUT2D eigenvalue weighted by Gasteiger charge is 2.12. The van der Waals surface area contributed by atoms with Crippen LogP contribution in [0.15, 0.2) is 12.1 Å². The van der Waals surface area contributed by atoms with Crippen molar-refractivity contribution in [2.24, 2.45) is 0 Å². The van der Waals surface area contributed by atoms with E-state index < -0.39 is 10.7 Å². The first kappa shape index (κ1) is 10.1. The van der Waals surface area contributed by atoms with Crippen molar-refractivity contribution in [1.82, 2.24) is 0 Å².